The van der Waals surface area contributed by atoms with E-state index >= 15 is 0 Å². The Morgan fingerprint density at radius 2 is 1.68 bits per heavy atom. The predicted molar refractivity (Wildman–Crippen MR) is 130 cm³/mol. The Labute approximate surface area is 197 Å². The van der Waals surface area contributed by atoms with Crippen molar-refractivity contribution in [2.24, 2.45) is 7.05 Å². The number of benzene rings is 1. The van der Waals surface area contributed by atoms with E-state index < -0.39 is 0 Å². The number of anilines is 1. The average Bonchev–Trinajstić information content (AvgIpc) is 3.58. The van der Waals surface area contributed by atoms with Crippen LogP contribution in [0.15, 0.2) is 54.7 Å². The molecule has 34 heavy (non-hydrogen) atoms. The summed E-state index contributed by atoms with van der Waals surface area (Å²) in [5.41, 5.74) is 6.67. The van der Waals surface area contributed by atoms with Crippen LogP contribution in [0, 0.1) is 13.8 Å². The van der Waals surface area contributed by atoms with E-state index in [1.165, 1.54) is 5.56 Å². The topological polar surface area (TPSA) is 78.3 Å². The van der Waals surface area contributed by atoms with E-state index in [2.05, 4.69) is 41.2 Å². The van der Waals surface area contributed by atoms with E-state index in [9.17, 15) is 0 Å². The number of fused-ring (bicyclic) bond motifs is 1. The Kier molecular flexibility index (Phi) is 4.91. The van der Waals surface area contributed by atoms with Gasteiger partial charge in [0.2, 0.25) is 0 Å². The molecule has 0 bridgehead atoms. The van der Waals surface area contributed by atoms with Crippen molar-refractivity contribution in [1.82, 2.24) is 34.2 Å². The van der Waals surface area contributed by atoms with E-state index in [0.717, 1.165) is 58.7 Å². The van der Waals surface area contributed by atoms with Crippen LogP contribution < -0.4 is 4.90 Å². The van der Waals surface area contributed by atoms with E-state index in [1.807, 2.05) is 58.3 Å². The molecular formula is C25H26N8O. The average molecular weight is 455 g/mol. The van der Waals surface area contributed by atoms with Crippen LogP contribution in [0.5, 0.6) is 0 Å². The SMILES string of the molecule is Cc1cccc(-c2ccn(-c3cc(N4CCOCC4)n4nc(-c5cc(C)n(C)n5)cc4n3)n2)c1. The summed E-state index contributed by atoms with van der Waals surface area (Å²) < 4.78 is 11.2. The van der Waals surface area contributed by atoms with Crippen LogP contribution in [0.4, 0.5) is 5.82 Å². The summed E-state index contributed by atoms with van der Waals surface area (Å²) in [5.74, 6) is 1.71. The van der Waals surface area contributed by atoms with Gasteiger partial charge in [-0.15, -0.1) is 0 Å². The van der Waals surface area contributed by atoms with Crippen molar-refractivity contribution < 1.29 is 4.74 Å². The molecule has 0 amide bonds. The van der Waals surface area contributed by atoms with Crippen LogP contribution in [-0.2, 0) is 11.8 Å². The molecule has 1 aliphatic rings. The monoisotopic (exact) mass is 454 g/mol. The third-order valence-corrected chi connectivity index (χ3v) is 6.24. The zero-order valence-electron chi connectivity index (χ0n) is 19.5. The predicted octanol–water partition coefficient (Wildman–Crippen LogP) is 3.44. The Hall–Kier alpha value is -3.98. The summed E-state index contributed by atoms with van der Waals surface area (Å²) in [7, 11) is 1.94. The molecule has 4 aromatic heterocycles. The normalized spacial score (nSPS) is 14.3. The van der Waals surface area contributed by atoms with Crippen LogP contribution in [0.2, 0.25) is 0 Å². The molecule has 5 heterocycles. The van der Waals surface area contributed by atoms with E-state index in [4.69, 9.17) is 19.9 Å². The first-order valence-corrected chi connectivity index (χ1v) is 11.4. The van der Waals surface area contributed by atoms with Crippen molar-refractivity contribution in [3.63, 3.8) is 0 Å². The van der Waals surface area contributed by atoms with E-state index in [0.29, 0.717) is 13.2 Å². The third-order valence-electron chi connectivity index (χ3n) is 6.24. The van der Waals surface area contributed by atoms with Crippen LogP contribution in [0.3, 0.4) is 0 Å². The maximum absolute atomic E-state index is 5.58. The third kappa shape index (κ3) is 3.63. The maximum Gasteiger partial charge on any atom is 0.160 e. The van der Waals surface area contributed by atoms with Crippen molar-refractivity contribution in [3.05, 3.63) is 66.0 Å². The lowest BCUT2D eigenvalue weighted by molar-refractivity contribution is 0.122. The second-order valence-electron chi connectivity index (χ2n) is 8.68. The number of rotatable bonds is 4. The Bertz CT molecular complexity index is 1470. The second kappa shape index (κ2) is 8.11. The number of ether oxygens (including phenoxy) is 1. The van der Waals surface area contributed by atoms with Crippen LogP contribution >= 0.6 is 0 Å². The molecule has 9 nitrogen and oxygen atoms in total. The van der Waals surface area contributed by atoms with Gasteiger partial charge in [-0.1, -0.05) is 23.8 Å². The van der Waals surface area contributed by atoms with Gasteiger partial charge >= 0.3 is 0 Å². The number of aryl methyl sites for hydroxylation is 3. The lowest BCUT2D eigenvalue weighted by Gasteiger charge is -2.29. The summed E-state index contributed by atoms with van der Waals surface area (Å²) in [6.45, 7) is 7.09. The molecule has 1 aliphatic heterocycles. The van der Waals surface area contributed by atoms with Crippen LogP contribution in [0.1, 0.15) is 11.3 Å². The Morgan fingerprint density at radius 3 is 2.44 bits per heavy atom. The quantitative estimate of drug-likeness (QED) is 0.414. The van der Waals surface area contributed by atoms with Crippen molar-refractivity contribution >= 4 is 11.5 Å². The molecule has 0 N–H and O–H groups in total. The first-order chi connectivity index (χ1) is 16.5. The molecule has 0 spiro atoms. The Balaban J connectivity index is 1.47. The highest BCUT2D eigenvalue weighted by atomic mass is 16.5. The van der Waals surface area contributed by atoms with Crippen molar-refractivity contribution in [3.8, 4) is 28.5 Å². The molecule has 6 rings (SSSR count). The number of hydrogen-bond acceptors (Lipinski definition) is 6. The van der Waals surface area contributed by atoms with Gasteiger partial charge < -0.3 is 9.64 Å². The molecule has 0 unspecified atom stereocenters. The smallest absolute Gasteiger partial charge is 0.160 e. The van der Waals surface area contributed by atoms with Crippen molar-refractivity contribution in [2.45, 2.75) is 13.8 Å². The molecule has 0 saturated carbocycles. The molecular weight excluding hydrogens is 428 g/mol. The summed E-state index contributed by atoms with van der Waals surface area (Å²) >= 11 is 0. The van der Waals surface area contributed by atoms with E-state index in [-0.39, 0.29) is 0 Å². The van der Waals surface area contributed by atoms with Crippen molar-refractivity contribution in [1.29, 1.82) is 0 Å². The summed E-state index contributed by atoms with van der Waals surface area (Å²) in [5, 5.41) is 14.3. The second-order valence-corrected chi connectivity index (χ2v) is 8.68. The molecule has 9 heteroatoms. The highest BCUT2D eigenvalue weighted by Crippen LogP contribution is 2.26. The van der Waals surface area contributed by atoms with Gasteiger partial charge in [-0.25, -0.2) is 9.67 Å². The zero-order valence-corrected chi connectivity index (χ0v) is 19.5. The molecule has 0 atom stereocenters. The number of nitrogens with zero attached hydrogens (tertiary/aromatic N) is 8. The highest BCUT2D eigenvalue weighted by Gasteiger charge is 2.20. The van der Waals surface area contributed by atoms with Gasteiger partial charge in [-0.05, 0) is 32.0 Å². The molecule has 0 radical (unpaired) electrons. The molecule has 0 aliphatic carbocycles. The number of morpholine rings is 1. The standard InChI is InChI=1S/C25H26N8O/c1-17-5-4-6-19(13-17)20-7-8-32(28-20)23-16-25(31-9-11-34-12-10-31)33-24(26-23)15-22(29-33)21-14-18(2)30(3)27-21/h4-8,13-16H,9-12H2,1-3H3. The highest BCUT2D eigenvalue weighted by molar-refractivity contribution is 5.65. The molecule has 1 saturated heterocycles. The first-order valence-electron chi connectivity index (χ1n) is 11.4. The van der Waals surface area contributed by atoms with Crippen LogP contribution in [0.25, 0.3) is 34.1 Å². The zero-order chi connectivity index (χ0) is 23.2. The lowest BCUT2D eigenvalue weighted by Crippen LogP contribution is -2.37. The molecule has 172 valence electrons. The van der Waals surface area contributed by atoms with Gasteiger partial charge in [0.05, 0.1) is 18.9 Å². The number of hydrogen-bond donors (Lipinski definition) is 0. The minimum absolute atomic E-state index is 0.686. The first kappa shape index (κ1) is 20.6. The maximum atomic E-state index is 5.58. The summed E-state index contributed by atoms with van der Waals surface area (Å²) in [6.07, 6.45) is 1.96. The minimum Gasteiger partial charge on any atom is -0.378 e. The van der Waals surface area contributed by atoms with Gasteiger partial charge in [0, 0.05) is 49.7 Å². The fraction of sp³-hybridized carbons (Fsp3) is 0.280. The molecule has 1 aromatic carbocycles. The van der Waals surface area contributed by atoms with Gasteiger partial charge in [0.15, 0.2) is 11.5 Å². The fourth-order valence-corrected chi connectivity index (χ4v) is 4.30. The summed E-state index contributed by atoms with van der Waals surface area (Å²) in [4.78, 5) is 7.19. The molecule has 5 aromatic rings. The molecule has 1 fully saturated rings. The fourth-order valence-electron chi connectivity index (χ4n) is 4.30. The Morgan fingerprint density at radius 1 is 0.853 bits per heavy atom. The van der Waals surface area contributed by atoms with Gasteiger partial charge in [0.25, 0.3) is 0 Å². The van der Waals surface area contributed by atoms with Gasteiger partial charge in [-0.2, -0.15) is 19.8 Å². The minimum atomic E-state index is 0.686. The van der Waals surface area contributed by atoms with Crippen LogP contribution in [-0.4, -0.2) is 60.5 Å². The van der Waals surface area contributed by atoms with Gasteiger partial charge in [-0.3, -0.25) is 4.68 Å². The largest absolute Gasteiger partial charge is 0.378 e. The lowest BCUT2D eigenvalue weighted by atomic mass is 10.1. The van der Waals surface area contributed by atoms with E-state index in [1.54, 1.807) is 0 Å². The van der Waals surface area contributed by atoms with Gasteiger partial charge in [0.1, 0.15) is 17.2 Å². The van der Waals surface area contributed by atoms with Crippen molar-refractivity contribution in [2.75, 3.05) is 31.2 Å². The number of aromatic nitrogens is 7. The summed E-state index contributed by atoms with van der Waals surface area (Å²) in [6, 6.07) is 16.5.